The maximum atomic E-state index is 13.5. The first-order valence-corrected chi connectivity index (χ1v) is 9.61. The van der Waals surface area contributed by atoms with Crippen LogP contribution in [0.3, 0.4) is 0 Å². The third-order valence-electron chi connectivity index (χ3n) is 5.45. The zero-order valence-electron chi connectivity index (χ0n) is 15.9. The summed E-state index contributed by atoms with van der Waals surface area (Å²) in [7, 11) is -0.586. The normalized spacial score (nSPS) is 18.3. The molecule has 156 valence electrons. The monoisotopic (exact) mass is 436 g/mol. The van der Waals surface area contributed by atoms with E-state index in [1.54, 1.807) is 19.0 Å². The molecule has 0 amide bonds. The third-order valence-corrected chi connectivity index (χ3v) is 5.67. The standard InChI is InChI=1S/C20H17BClF3N2O3/c1-21(29)27-10-19(11-27)15-4-2-12(6-14(15)9-30-19)17(28)7-16(20(23,24)25)13-3-5-18(22)26-8-13/h2-8,29H,9-11H2,1H3/b16-7-. The predicted octanol–water partition coefficient (Wildman–Crippen LogP) is 3.72. The largest absolute Gasteiger partial charge is 0.437 e. The van der Waals surface area contributed by atoms with Crippen molar-refractivity contribution in [3.63, 3.8) is 0 Å². The SMILES string of the molecule is CB(O)N1CC2(C1)OCc1cc(C(=O)/C=C(/c3ccc(Cl)nc3)C(F)(F)F)ccc12. The lowest BCUT2D eigenvalue weighted by Crippen LogP contribution is -2.63. The highest BCUT2D eigenvalue weighted by molar-refractivity contribution is 6.45. The van der Waals surface area contributed by atoms with Crippen LogP contribution in [-0.4, -0.2) is 46.9 Å². The molecule has 0 saturated carbocycles. The fourth-order valence-corrected chi connectivity index (χ4v) is 3.93. The third kappa shape index (κ3) is 3.78. The molecule has 2 aliphatic rings. The van der Waals surface area contributed by atoms with Crippen molar-refractivity contribution < 1.29 is 27.7 Å². The van der Waals surface area contributed by atoms with Crippen LogP contribution in [0.4, 0.5) is 13.2 Å². The van der Waals surface area contributed by atoms with Gasteiger partial charge < -0.3 is 14.6 Å². The molecular formula is C20H17BClF3N2O3. The summed E-state index contributed by atoms with van der Waals surface area (Å²) >= 11 is 5.64. The van der Waals surface area contributed by atoms with Gasteiger partial charge in [0.1, 0.15) is 10.8 Å². The van der Waals surface area contributed by atoms with Crippen molar-refractivity contribution in [2.24, 2.45) is 0 Å². The van der Waals surface area contributed by atoms with Crippen molar-refractivity contribution in [3.8, 4) is 0 Å². The number of alkyl halides is 3. The molecule has 4 rings (SSSR count). The lowest BCUT2D eigenvalue weighted by Gasteiger charge is -2.48. The lowest BCUT2D eigenvalue weighted by atomic mass is 9.73. The van der Waals surface area contributed by atoms with Crippen LogP contribution in [0.15, 0.2) is 42.6 Å². The Bertz CT molecular complexity index is 1020. The first kappa shape index (κ1) is 21.1. The second kappa shape index (κ2) is 7.49. The number of aromatic nitrogens is 1. The van der Waals surface area contributed by atoms with E-state index in [4.69, 9.17) is 16.3 Å². The van der Waals surface area contributed by atoms with E-state index in [9.17, 15) is 23.0 Å². The van der Waals surface area contributed by atoms with Gasteiger partial charge in [0.2, 0.25) is 0 Å². The van der Waals surface area contributed by atoms with E-state index in [-0.39, 0.29) is 22.9 Å². The van der Waals surface area contributed by atoms with E-state index in [2.05, 4.69) is 4.98 Å². The number of ether oxygens (including phenoxy) is 1. The molecule has 0 atom stereocenters. The van der Waals surface area contributed by atoms with E-state index >= 15 is 0 Å². The van der Waals surface area contributed by atoms with Gasteiger partial charge in [-0.3, -0.25) is 4.79 Å². The van der Waals surface area contributed by atoms with E-state index in [1.165, 1.54) is 18.2 Å². The summed E-state index contributed by atoms with van der Waals surface area (Å²) < 4.78 is 46.5. The number of carbonyl (C=O) groups excluding carboxylic acids is 1. The smallest absolute Gasteiger partial charge is 0.417 e. The molecule has 2 aliphatic heterocycles. The highest BCUT2D eigenvalue weighted by Crippen LogP contribution is 2.44. The van der Waals surface area contributed by atoms with Gasteiger partial charge >= 0.3 is 13.2 Å². The zero-order valence-corrected chi connectivity index (χ0v) is 16.7. The van der Waals surface area contributed by atoms with Crippen LogP contribution in [0.5, 0.6) is 0 Å². The van der Waals surface area contributed by atoms with Crippen molar-refractivity contribution in [1.82, 2.24) is 9.79 Å². The Hall–Kier alpha value is -2.20. The van der Waals surface area contributed by atoms with Crippen molar-refractivity contribution in [3.05, 3.63) is 70.0 Å². The summed E-state index contributed by atoms with van der Waals surface area (Å²) in [4.78, 5) is 18.1. The average Bonchev–Trinajstić information content (AvgIpc) is 3.03. The van der Waals surface area contributed by atoms with Gasteiger partial charge in [-0.05, 0) is 42.2 Å². The van der Waals surface area contributed by atoms with E-state index in [0.29, 0.717) is 19.2 Å². The molecule has 1 aromatic heterocycles. The number of hydrogen-bond donors (Lipinski definition) is 1. The van der Waals surface area contributed by atoms with Crippen LogP contribution >= 0.6 is 11.6 Å². The number of benzene rings is 1. The Morgan fingerprint density at radius 1 is 1.30 bits per heavy atom. The van der Waals surface area contributed by atoms with Crippen molar-refractivity contribution in [2.45, 2.75) is 25.2 Å². The van der Waals surface area contributed by atoms with Gasteiger partial charge in [-0.25, -0.2) is 4.98 Å². The van der Waals surface area contributed by atoms with E-state index < -0.39 is 30.2 Å². The van der Waals surface area contributed by atoms with Gasteiger partial charge in [-0.2, -0.15) is 13.2 Å². The van der Waals surface area contributed by atoms with E-state index in [1.807, 2.05) is 4.81 Å². The summed E-state index contributed by atoms with van der Waals surface area (Å²) in [5.74, 6) is -0.764. The van der Waals surface area contributed by atoms with Gasteiger partial charge in [0.25, 0.3) is 0 Å². The number of carbonyl (C=O) groups is 1. The van der Waals surface area contributed by atoms with Crippen LogP contribution in [0.2, 0.25) is 12.0 Å². The summed E-state index contributed by atoms with van der Waals surface area (Å²) in [6.45, 7) is 2.98. The van der Waals surface area contributed by atoms with Crippen LogP contribution in [0.1, 0.15) is 27.0 Å². The number of pyridine rings is 1. The number of hydrogen-bond acceptors (Lipinski definition) is 5. The molecule has 10 heteroatoms. The molecule has 1 N–H and O–H groups in total. The first-order valence-electron chi connectivity index (χ1n) is 9.24. The lowest BCUT2D eigenvalue weighted by molar-refractivity contribution is -0.118. The summed E-state index contributed by atoms with van der Waals surface area (Å²) in [6, 6.07) is 7.21. The number of rotatable bonds is 4. The minimum atomic E-state index is -4.73. The Morgan fingerprint density at radius 3 is 2.60 bits per heavy atom. The number of nitrogens with zero attached hydrogens (tertiary/aromatic N) is 2. The molecule has 0 unspecified atom stereocenters. The van der Waals surface area contributed by atoms with Gasteiger partial charge in [0, 0.05) is 30.4 Å². The zero-order chi connectivity index (χ0) is 21.7. The van der Waals surface area contributed by atoms with Crippen LogP contribution in [-0.2, 0) is 16.9 Å². The highest BCUT2D eigenvalue weighted by atomic mass is 35.5. The fourth-order valence-electron chi connectivity index (χ4n) is 3.82. The van der Waals surface area contributed by atoms with E-state index in [0.717, 1.165) is 17.3 Å². The van der Waals surface area contributed by atoms with Gasteiger partial charge in [-0.1, -0.05) is 23.7 Å². The van der Waals surface area contributed by atoms with Crippen molar-refractivity contribution in [2.75, 3.05) is 13.1 Å². The molecule has 30 heavy (non-hydrogen) atoms. The number of ketones is 1. The van der Waals surface area contributed by atoms with Crippen LogP contribution < -0.4 is 0 Å². The predicted molar refractivity (Wildman–Crippen MR) is 106 cm³/mol. The molecule has 1 spiro atoms. The highest BCUT2D eigenvalue weighted by Gasteiger charge is 2.51. The minimum absolute atomic E-state index is 0.0595. The Labute approximate surface area is 176 Å². The van der Waals surface area contributed by atoms with Crippen LogP contribution in [0, 0.1) is 0 Å². The molecule has 0 radical (unpaired) electrons. The summed E-state index contributed by atoms with van der Waals surface area (Å²) in [6.07, 6.45) is -3.16. The Balaban J connectivity index is 1.61. The van der Waals surface area contributed by atoms with Gasteiger partial charge in [0.15, 0.2) is 5.78 Å². The van der Waals surface area contributed by atoms with Crippen molar-refractivity contribution in [1.29, 1.82) is 0 Å². The maximum Gasteiger partial charge on any atom is 0.417 e. The second-order valence-electron chi connectivity index (χ2n) is 7.48. The number of halogens is 4. The Morgan fingerprint density at radius 2 is 2.00 bits per heavy atom. The number of fused-ring (bicyclic) bond motifs is 2. The van der Waals surface area contributed by atoms with Crippen LogP contribution in [0.25, 0.3) is 5.57 Å². The number of allylic oxidation sites excluding steroid dienone is 2. The summed E-state index contributed by atoms with van der Waals surface area (Å²) in [5, 5.41) is 9.71. The first-order chi connectivity index (χ1) is 14.1. The maximum absolute atomic E-state index is 13.5. The molecule has 0 aliphatic carbocycles. The summed E-state index contributed by atoms with van der Waals surface area (Å²) in [5.41, 5.74) is -0.0488. The topological polar surface area (TPSA) is 62.7 Å². The second-order valence-corrected chi connectivity index (χ2v) is 7.87. The molecule has 1 saturated heterocycles. The molecular weight excluding hydrogens is 419 g/mol. The molecule has 3 heterocycles. The molecule has 1 fully saturated rings. The molecule has 5 nitrogen and oxygen atoms in total. The quantitative estimate of drug-likeness (QED) is 0.343. The van der Waals surface area contributed by atoms with Crippen molar-refractivity contribution >= 4 is 30.0 Å². The molecule has 2 aromatic rings. The average molecular weight is 437 g/mol. The van der Waals surface area contributed by atoms with Gasteiger partial charge in [0.05, 0.1) is 12.2 Å². The fraction of sp³-hybridized carbons (Fsp3) is 0.300. The molecule has 1 aromatic carbocycles. The van der Waals surface area contributed by atoms with Gasteiger partial charge in [-0.15, -0.1) is 0 Å². The molecule has 0 bridgehead atoms. The minimum Gasteiger partial charge on any atom is -0.437 e. The Kier molecular flexibility index (Phi) is 5.26.